The Kier molecular flexibility index (Phi) is 4.70. The van der Waals surface area contributed by atoms with Gasteiger partial charge in [0, 0.05) is 18.4 Å². The molecule has 0 aromatic carbocycles. The molecule has 0 radical (unpaired) electrons. The molecule has 0 saturated heterocycles. The number of nitrogens with two attached hydrogens (primary N) is 1. The lowest BCUT2D eigenvalue weighted by atomic mass is 9.68. The van der Waals surface area contributed by atoms with Crippen molar-refractivity contribution in [3.05, 3.63) is 0 Å². The average molecular weight is 267 g/mol. The molecular weight excluding hydrogens is 243 g/mol. The maximum absolute atomic E-state index is 12.1. The Bertz CT molecular complexity index is 278. The zero-order valence-corrected chi connectivity index (χ0v) is 11.2. The standard InChI is InChI=1S/C13H24F3NO/c1-10-4-7-12(8-10,9-17)11(2,18)5-3-6-13(14,15)16/h10,18H,3-9,17H2,1-2H3. The van der Waals surface area contributed by atoms with E-state index in [0.29, 0.717) is 12.5 Å². The molecule has 1 fully saturated rings. The van der Waals surface area contributed by atoms with Gasteiger partial charge in [-0.3, -0.25) is 0 Å². The molecule has 18 heavy (non-hydrogen) atoms. The number of alkyl halides is 3. The quantitative estimate of drug-likeness (QED) is 0.803. The van der Waals surface area contributed by atoms with Crippen molar-refractivity contribution >= 4 is 0 Å². The first-order chi connectivity index (χ1) is 8.12. The molecule has 0 amide bonds. The van der Waals surface area contributed by atoms with E-state index >= 15 is 0 Å². The summed E-state index contributed by atoms with van der Waals surface area (Å²) in [6.45, 7) is 4.09. The smallest absolute Gasteiger partial charge is 0.389 e. The summed E-state index contributed by atoms with van der Waals surface area (Å²) in [7, 11) is 0. The van der Waals surface area contributed by atoms with Gasteiger partial charge in [-0.1, -0.05) is 13.3 Å². The Hall–Kier alpha value is -0.290. The topological polar surface area (TPSA) is 46.2 Å². The molecule has 2 nitrogen and oxygen atoms in total. The minimum atomic E-state index is -4.14. The normalized spacial score (nSPS) is 32.5. The van der Waals surface area contributed by atoms with Crippen LogP contribution in [0, 0.1) is 11.3 Å². The molecule has 108 valence electrons. The molecule has 3 unspecified atom stereocenters. The van der Waals surface area contributed by atoms with Gasteiger partial charge in [-0.15, -0.1) is 0 Å². The largest absolute Gasteiger partial charge is 0.390 e. The molecule has 0 heterocycles. The second kappa shape index (κ2) is 5.37. The van der Waals surface area contributed by atoms with Crippen molar-refractivity contribution in [1.82, 2.24) is 0 Å². The van der Waals surface area contributed by atoms with E-state index in [-0.39, 0.29) is 12.8 Å². The van der Waals surface area contributed by atoms with E-state index in [1.807, 2.05) is 0 Å². The summed E-state index contributed by atoms with van der Waals surface area (Å²) in [6, 6.07) is 0. The van der Waals surface area contributed by atoms with E-state index < -0.39 is 23.6 Å². The summed E-state index contributed by atoms with van der Waals surface area (Å²) in [5.74, 6) is 0.489. The second-order valence-electron chi connectivity index (χ2n) is 6.08. The SMILES string of the molecule is CC1CCC(CN)(C(C)(O)CCCC(F)(F)F)C1. The Morgan fingerprint density at radius 2 is 1.94 bits per heavy atom. The van der Waals surface area contributed by atoms with Crippen LogP contribution in [0.3, 0.4) is 0 Å². The summed E-state index contributed by atoms with van der Waals surface area (Å²) in [6.07, 6.45) is -2.24. The highest BCUT2D eigenvalue weighted by molar-refractivity contribution is 5.01. The average Bonchev–Trinajstić information content (AvgIpc) is 2.59. The van der Waals surface area contributed by atoms with Crippen LogP contribution in [0.25, 0.3) is 0 Å². The Labute approximate surface area is 107 Å². The van der Waals surface area contributed by atoms with E-state index in [1.54, 1.807) is 6.92 Å². The Morgan fingerprint density at radius 1 is 1.33 bits per heavy atom. The summed E-state index contributed by atoms with van der Waals surface area (Å²) >= 11 is 0. The predicted octanol–water partition coefficient (Wildman–Crippen LogP) is 3.24. The van der Waals surface area contributed by atoms with E-state index in [2.05, 4.69) is 6.92 Å². The van der Waals surface area contributed by atoms with Crippen LogP contribution in [0.2, 0.25) is 0 Å². The fourth-order valence-corrected chi connectivity index (χ4v) is 3.19. The molecule has 0 aliphatic heterocycles. The highest BCUT2D eigenvalue weighted by Gasteiger charge is 2.49. The number of rotatable bonds is 5. The summed E-state index contributed by atoms with van der Waals surface area (Å²) in [5, 5.41) is 10.5. The first-order valence-electron chi connectivity index (χ1n) is 6.61. The summed E-state index contributed by atoms with van der Waals surface area (Å²) < 4.78 is 36.4. The minimum absolute atomic E-state index is 0.0351. The van der Waals surface area contributed by atoms with Gasteiger partial charge in [0.25, 0.3) is 0 Å². The van der Waals surface area contributed by atoms with Crippen LogP contribution in [0.4, 0.5) is 13.2 Å². The van der Waals surface area contributed by atoms with Gasteiger partial charge in [0.1, 0.15) is 0 Å². The highest BCUT2D eigenvalue weighted by atomic mass is 19.4. The van der Waals surface area contributed by atoms with Gasteiger partial charge in [0.05, 0.1) is 5.60 Å². The van der Waals surface area contributed by atoms with Gasteiger partial charge in [-0.05, 0) is 38.5 Å². The molecule has 1 rings (SSSR count). The van der Waals surface area contributed by atoms with Crippen molar-refractivity contribution in [2.45, 2.75) is 64.1 Å². The van der Waals surface area contributed by atoms with Crippen molar-refractivity contribution in [2.75, 3.05) is 6.54 Å². The molecule has 0 aromatic rings. The van der Waals surface area contributed by atoms with Gasteiger partial charge in [-0.25, -0.2) is 0 Å². The summed E-state index contributed by atoms with van der Waals surface area (Å²) in [5.41, 5.74) is 4.29. The molecule has 1 aliphatic carbocycles. The van der Waals surface area contributed by atoms with Gasteiger partial charge < -0.3 is 10.8 Å². The van der Waals surface area contributed by atoms with E-state index in [4.69, 9.17) is 5.73 Å². The van der Waals surface area contributed by atoms with Gasteiger partial charge in [-0.2, -0.15) is 13.2 Å². The van der Waals surface area contributed by atoms with Crippen molar-refractivity contribution in [3.8, 4) is 0 Å². The lowest BCUT2D eigenvalue weighted by molar-refractivity contribution is -0.141. The van der Waals surface area contributed by atoms with Crippen molar-refractivity contribution < 1.29 is 18.3 Å². The fraction of sp³-hybridized carbons (Fsp3) is 1.00. The highest BCUT2D eigenvalue weighted by Crippen LogP contribution is 2.50. The van der Waals surface area contributed by atoms with Crippen molar-refractivity contribution in [3.63, 3.8) is 0 Å². The lowest BCUT2D eigenvalue weighted by Gasteiger charge is -2.42. The molecular formula is C13H24F3NO. The molecule has 3 N–H and O–H groups in total. The van der Waals surface area contributed by atoms with Crippen LogP contribution >= 0.6 is 0 Å². The Morgan fingerprint density at radius 3 is 2.33 bits per heavy atom. The zero-order valence-electron chi connectivity index (χ0n) is 11.2. The van der Waals surface area contributed by atoms with Gasteiger partial charge >= 0.3 is 6.18 Å². The van der Waals surface area contributed by atoms with E-state index in [9.17, 15) is 18.3 Å². The minimum Gasteiger partial charge on any atom is -0.390 e. The lowest BCUT2D eigenvalue weighted by Crippen LogP contribution is -2.49. The molecule has 1 aliphatic rings. The van der Waals surface area contributed by atoms with E-state index in [0.717, 1.165) is 19.3 Å². The van der Waals surface area contributed by atoms with Crippen LogP contribution in [0.5, 0.6) is 0 Å². The first kappa shape index (κ1) is 15.8. The zero-order chi connectivity index (χ0) is 14.0. The maximum atomic E-state index is 12.1. The first-order valence-corrected chi connectivity index (χ1v) is 6.61. The number of hydrogen-bond donors (Lipinski definition) is 2. The molecule has 0 bridgehead atoms. The van der Waals surface area contributed by atoms with Crippen LogP contribution in [0.15, 0.2) is 0 Å². The molecule has 0 spiro atoms. The predicted molar refractivity (Wildman–Crippen MR) is 65.0 cm³/mol. The van der Waals surface area contributed by atoms with Crippen molar-refractivity contribution in [1.29, 1.82) is 0 Å². The van der Waals surface area contributed by atoms with Crippen LogP contribution in [-0.2, 0) is 0 Å². The molecule has 5 heteroatoms. The van der Waals surface area contributed by atoms with Crippen LogP contribution in [0.1, 0.15) is 52.4 Å². The fourth-order valence-electron chi connectivity index (χ4n) is 3.19. The monoisotopic (exact) mass is 267 g/mol. The molecule has 0 aromatic heterocycles. The van der Waals surface area contributed by atoms with Gasteiger partial charge in [0.2, 0.25) is 0 Å². The third-order valence-corrected chi connectivity index (χ3v) is 4.51. The molecule has 3 atom stereocenters. The number of halogens is 3. The van der Waals surface area contributed by atoms with Crippen LogP contribution < -0.4 is 5.73 Å². The van der Waals surface area contributed by atoms with Crippen LogP contribution in [-0.4, -0.2) is 23.4 Å². The van der Waals surface area contributed by atoms with Crippen molar-refractivity contribution in [2.24, 2.45) is 17.1 Å². The van der Waals surface area contributed by atoms with Gasteiger partial charge in [0.15, 0.2) is 0 Å². The Balaban J connectivity index is 2.61. The maximum Gasteiger partial charge on any atom is 0.389 e. The number of aliphatic hydroxyl groups is 1. The summed E-state index contributed by atoms with van der Waals surface area (Å²) in [4.78, 5) is 0. The van der Waals surface area contributed by atoms with E-state index in [1.165, 1.54) is 0 Å². The number of hydrogen-bond acceptors (Lipinski definition) is 2. The third-order valence-electron chi connectivity index (χ3n) is 4.51. The third kappa shape index (κ3) is 3.60. The molecule has 1 saturated carbocycles. The second-order valence-corrected chi connectivity index (χ2v) is 6.08.